The van der Waals surface area contributed by atoms with E-state index in [2.05, 4.69) is 30.0 Å². The summed E-state index contributed by atoms with van der Waals surface area (Å²) in [5, 5.41) is 0.824. The van der Waals surface area contributed by atoms with E-state index in [0.717, 1.165) is 43.1 Å². The second-order valence-electron chi connectivity index (χ2n) is 5.45. The van der Waals surface area contributed by atoms with Crippen LogP contribution in [0.25, 0.3) is 0 Å². The molecular weight excluding hydrogens is 272 g/mol. The molecule has 0 bridgehead atoms. The van der Waals surface area contributed by atoms with Crippen LogP contribution < -0.4 is 5.73 Å². The van der Waals surface area contributed by atoms with Gasteiger partial charge in [-0.25, -0.2) is 0 Å². The highest BCUT2D eigenvalue weighted by Crippen LogP contribution is 2.27. The highest BCUT2D eigenvalue weighted by Gasteiger charge is 2.25. The van der Waals surface area contributed by atoms with E-state index in [-0.39, 0.29) is 6.04 Å². The zero-order valence-electron chi connectivity index (χ0n) is 12.4. The normalized spacial score (nSPS) is 19.2. The molecule has 1 fully saturated rings. The third-order valence-electron chi connectivity index (χ3n) is 4.12. The van der Waals surface area contributed by atoms with Crippen molar-refractivity contribution in [2.75, 3.05) is 26.2 Å². The van der Waals surface area contributed by atoms with Crippen molar-refractivity contribution in [2.24, 2.45) is 5.73 Å². The van der Waals surface area contributed by atoms with Gasteiger partial charge in [-0.15, -0.1) is 0 Å². The Kier molecular flexibility index (Phi) is 5.85. The summed E-state index contributed by atoms with van der Waals surface area (Å²) in [6, 6.07) is 6.54. The fourth-order valence-corrected chi connectivity index (χ4v) is 3.09. The number of nitrogens with zero attached hydrogens (tertiary/aromatic N) is 1. The molecule has 1 unspecified atom stereocenters. The van der Waals surface area contributed by atoms with E-state index < -0.39 is 0 Å². The van der Waals surface area contributed by atoms with Crippen LogP contribution in [-0.2, 0) is 4.74 Å². The molecule has 0 radical (unpaired) electrons. The summed E-state index contributed by atoms with van der Waals surface area (Å²) >= 11 is 6.24. The molecule has 0 amide bonds. The molecule has 1 aliphatic heterocycles. The van der Waals surface area contributed by atoms with Gasteiger partial charge in [0, 0.05) is 37.3 Å². The summed E-state index contributed by atoms with van der Waals surface area (Å²) in [5.74, 6) is 0. The highest BCUT2D eigenvalue weighted by atomic mass is 35.5. The summed E-state index contributed by atoms with van der Waals surface area (Å²) in [6.07, 6.45) is 2.59. The molecule has 2 rings (SSSR count). The van der Waals surface area contributed by atoms with E-state index in [1.807, 2.05) is 6.92 Å². The van der Waals surface area contributed by atoms with E-state index in [1.54, 1.807) is 0 Å². The van der Waals surface area contributed by atoms with E-state index in [9.17, 15) is 0 Å². The first-order chi connectivity index (χ1) is 9.65. The Morgan fingerprint density at radius 2 is 2.10 bits per heavy atom. The number of likely N-dealkylation sites (tertiary alicyclic amines) is 1. The lowest BCUT2D eigenvalue weighted by Gasteiger charge is -2.37. The van der Waals surface area contributed by atoms with Crippen LogP contribution in [0.15, 0.2) is 18.2 Å². The molecule has 1 saturated heterocycles. The van der Waals surface area contributed by atoms with Crippen LogP contribution in [0.4, 0.5) is 0 Å². The Balaban J connectivity index is 2.03. The minimum Gasteiger partial charge on any atom is -0.378 e. The number of aryl methyl sites for hydroxylation is 1. The lowest BCUT2D eigenvalue weighted by Crippen LogP contribution is -2.41. The van der Waals surface area contributed by atoms with Gasteiger partial charge in [0.05, 0.1) is 6.10 Å². The molecule has 2 N–H and O–H groups in total. The monoisotopic (exact) mass is 296 g/mol. The number of hydrogen-bond donors (Lipinski definition) is 1. The summed E-state index contributed by atoms with van der Waals surface area (Å²) in [7, 11) is 0. The molecule has 112 valence electrons. The number of halogens is 1. The maximum absolute atomic E-state index is 6.24. The smallest absolute Gasteiger partial charge is 0.0599 e. The molecule has 0 saturated carbocycles. The first-order valence-corrected chi connectivity index (χ1v) is 7.85. The topological polar surface area (TPSA) is 38.5 Å². The Hall–Kier alpha value is -0.610. The van der Waals surface area contributed by atoms with E-state index in [1.165, 1.54) is 5.56 Å². The largest absolute Gasteiger partial charge is 0.378 e. The van der Waals surface area contributed by atoms with Gasteiger partial charge in [0.15, 0.2) is 0 Å². The van der Waals surface area contributed by atoms with Crippen LogP contribution in [0.2, 0.25) is 5.02 Å². The predicted molar refractivity (Wildman–Crippen MR) is 84.2 cm³/mol. The first-order valence-electron chi connectivity index (χ1n) is 7.47. The van der Waals surface area contributed by atoms with Gasteiger partial charge in [-0.05, 0) is 43.9 Å². The zero-order valence-corrected chi connectivity index (χ0v) is 13.2. The van der Waals surface area contributed by atoms with Gasteiger partial charge in [0.25, 0.3) is 0 Å². The molecule has 20 heavy (non-hydrogen) atoms. The predicted octanol–water partition coefficient (Wildman–Crippen LogP) is 3.15. The van der Waals surface area contributed by atoms with E-state index in [0.29, 0.717) is 12.6 Å². The summed E-state index contributed by atoms with van der Waals surface area (Å²) < 4.78 is 5.71. The third kappa shape index (κ3) is 3.73. The average molecular weight is 297 g/mol. The number of benzene rings is 1. The van der Waals surface area contributed by atoms with Gasteiger partial charge >= 0.3 is 0 Å². The number of rotatable bonds is 5. The molecule has 1 aliphatic rings. The second kappa shape index (κ2) is 7.41. The molecule has 1 atom stereocenters. The van der Waals surface area contributed by atoms with Crippen molar-refractivity contribution in [1.29, 1.82) is 0 Å². The van der Waals surface area contributed by atoms with Crippen molar-refractivity contribution < 1.29 is 4.74 Å². The first kappa shape index (κ1) is 15.8. The fourth-order valence-electron chi connectivity index (χ4n) is 2.90. The van der Waals surface area contributed by atoms with Crippen molar-refractivity contribution >= 4 is 11.6 Å². The SMILES string of the molecule is CCOC1CCN(C(CN)c2ccc(C)c(Cl)c2)CC1. The van der Waals surface area contributed by atoms with E-state index >= 15 is 0 Å². The Morgan fingerprint density at radius 3 is 2.65 bits per heavy atom. The second-order valence-corrected chi connectivity index (χ2v) is 5.86. The Bertz CT molecular complexity index is 430. The molecular formula is C16H25ClN2O. The molecule has 1 aromatic carbocycles. The minimum absolute atomic E-state index is 0.260. The van der Waals surface area contributed by atoms with Crippen molar-refractivity contribution in [1.82, 2.24) is 4.90 Å². The number of nitrogens with two attached hydrogens (primary N) is 1. The Labute approximate surface area is 127 Å². The molecule has 0 aliphatic carbocycles. The molecule has 3 nitrogen and oxygen atoms in total. The highest BCUT2D eigenvalue weighted by molar-refractivity contribution is 6.31. The van der Waals surface area contributed by atoms with Crippen LogP contribution in [0.3, 0.4) is 0 Å². The van der Waals surface area contributed by atoms with E-state index in [4.69, 9.17) is 22.1 Å². The van der Waals surface area contributed by atoms with Gasteiger partial charge in [0.2, 0.25) is 0 Å². The van der Waals surface area contributed by atoms with Crippen LogP contribution in [0.5, 0.6) is 0 Å². The van der Waals surface area contributed by atoms with Gasteiger partial charge in [-0.1, -0.05) is 23.7 Å². The summed E-state index contributed by atoms with van der Waals surface area (Å²) in [6.45, 7) is 7.59. The lowest BCUT2D eigenvalue weighted by molar-refractivity contribution is 0.00452. The lowest BCUT2D eigenvalue weighted by atomic mass is 9.99. The van der Waals surface area contributed by atoms with Crippen LogP contribution in [0.1, 0.15) is 36.9 Å². The van der Waals surface area contributed by atoms with Crippen molar-refractivity contribution in [2.45, 2.75) is 38.8 Å². The zero-order chi connectivity index (χ0) is 14.5. The molecule has 0 spiro atoms. The fraction of sp³-hybridized carbons (Fsp3) is 0.625. The summed E-state index contributed by atoms with van der Waals surface area (Å²) in [5.41, 5.74) is 8.33. The number of hydrogen-bond acceptors (Lipinski definition) is 3. The van der Waals surface area contributed by atoms with Crippen LogP contribution in [-0.4, -0.2) is 37.2 Å². The van der Waals surface area contributed by atoms with Crippen molar-refractivity contribution in [3.8, 4) is 0 Å². The number of piperidine rings is 1. The van der Waals surface area contributed by atoms with Crippen LogP contribution in [0, 0.1) is 6.92 Å². The standard InChI is InChI=1S/C16H25ClN2O/c1-3-20-14-6-8-19(9-7-14)16(11-18)13-5-4-12(2)15(17)10-13/h4-5,10,14,16H,3,6-9,11,18H2,1-2H3. The van der Waals surface area contributed by atoms with Gasteiger partial charge < -0.3 is 10.5 Å². The minimum atomic E-state index is 0.260. The molecule has 1 aromatic rings. The van der Waals surface area contributed by atoms with Gasteiger partial charge in [0.1, 0.15) is 0 Å². The van der Waals surface area contributed by atoms with Crippen molar-refractivity contribution in [3.05, 3.63) is 34.3 Å². The van der Waals surface area contributed by atoms with Crippen molar-refractivity contribution in [3.63, 3.8) is 0 Å². The maximum atomic E-state index is 6.24. The maximum Gasteiger partial charge on any atom is 0.0599 e. The molecule has 4 heteroatoms. The quantitative estimate of drug-likeness (QED) is 0.907. The van der Waals surface area contributed by atoms with Gasteiger partial charge in [-0.2, -0.15) is 0 Å². The summed E-state index contributed by atoms with van der Waals surface area (Å²) in [4.78, 5) is 2.45. The Morgan fingerprint density at radius 1 is 1.40 bits per heavy atom. The third-order valence-corrected chi connectivity index (χ3v) is 4.53. The average Bonchev–Trinajstić information content (AvgIpc) is 2.46. The molecule has 1 heterocycles. The van der Waals surface area contributed by atoms with Crippen LogP contribution >= 0.6 is 11.6 Å². The van der Waals surface area contributed by atoms with Gasteiger partial charge in [-0.3, -0.25) is 4.90 Å². The number of ether oxygens (including phenoxy) is 1. The molecule has 0 aromatic heterocycles.